The molecule has 0 atom stereocenters. The van der Waals surface area contributed by atoms with Crippen LogP contribution in [0.3, 0.4) is 0 Å². The van der Waals surface area contributed by atoms with Gasteiger partial charge < -0.3 is 9.47 Å². The lowest BCUT2D eigenvalue weighted by Crippen LogP contribution is -2.16. The van der Waals surface area contributed by atoms with Crippen LogP contribution in [0, 0.1) is 0 Å². The SMILES string of the molecule is CCC1=CC2=C(CC1)OC(F)(F)O2. The molecule has 13 heavy (non-hydrogen) atoms. The van der Waals surface area contributed by atoms with E-state index in [4.69, 9.17) is 0 Å². The minimum Gasteiger partial charge on any atom is -0.400 e. The first-order valence-electron chi connectivity index (χ1n) is 4.29. The Morgan fingerprint density at radius 3 is 2.85 bits per heavy atom. The van der Waals surface area contributed by atoms with Gasteiger partial charge in [-0.15, -0.1) is 8.78 Å². The highest BCUT2D eigenvalue weighted by Gasteiger charge is 2.44. The van der Waals surface area contributed by atoms with E-state index in [2.05, 4.69) is 9.47 Å². The summed E-state index contributed by atoms with van der Waals surface area (Å²) in [6.45, 7) is 1.99. The molecule has 1 aliphatic heterocycles. The first-order chi connectivity index (χ1) is 6.11. The van der Waals surface area contributed by atoms with Crippen molar-refractivity contribution in [2.24, 2.45) is 0 Å². The number of hydrogen-bond acceptors (Lipinski definition) is 2. The Bertz CT molecular complexity index is 292. The van der Waals surface area contributed by atoms with Crippen LogP contribution in [0.15, 0.2) is 23.2 Å². The zero-order chi connectivity index (χ0) is 9.47. The van der Waals surface area contributed by atoms with Crippen LogP contribution in [0.25, 0.3) is 0 Å². The zero-order valence-corrected chi connectivity index (χ0v) is 7.27. The number of allylic oxidation sites excluding steroid dienone is 3. The molecule has 0 N–H and O–H groups in total. The number of ether oxygens (including phenoxy) is 2. The van der Waals surface area contributed by atoms with Crippen LogP contribution in [0.5, 0.6) is 0 Å². The molecule has 0 spiro atoms. The molecule has 0 amide bonds. The lowest BCUT2D eigenvalue weighted by molar-refractivity contribution is -0.336. The van der Waals surface area contributed by atoms with Crippen LogP contribution >= 0.6 is 0 Å². The van der Waals surface area contributed by atoms with Crippen molar-refractivity contribution in [1.29, 1.82) is 0 Å². The quantitative estimate of drug-likeness (QED) is 0.629. The van der Waals surface area contributed by atoms with Crippen molar-refractivity contribution in [3.05, 3.63) is 23.2 Å². The number of rotatable bonds is 1. The molecule has 2 aliphatic rings. The molecule has 0 fully saturated rings. The Morgan fingerprint density at radius 2 is 2.15 bits per heavy atom. The fourth-order valence-corrected chi connectivity index (χ4v) is 1.49. The van der Waals surface area contributed by atoms with Gasteiger partial charge in [-0.05, 0) is 18.9 Å². The van der Waals surface area contributed by atoms with Crippen molar-refractivity contribution in [3.8, 4) is 0 Å². The predicted molar refractivity (Wildman–Crippen MR) is 41.8 cm³/mol. The fourth-order valence-electron chi connectivity index (χ4n) is 1.49. The maximum atomic E-state index is 12.6. The highest BCUT2D eigenvalue weighted by atomic mass is 19.3. The maximum absolute atomic E-state index is 12.6. The summed E-state index contributed by atoms with van der Waals surface area (Å²) in [5.41, 5.74) is 1.13. The van der Waals surface area contributed by atoms with E-state index in [9.17, 15) is 8.78 Å². The molecule has 0 saturated heterocycles. The third-order valence-electron chi connectivity index (χ3n) is 2.21. The molecular formula is C9H10F2O2. The average molecular weight is 188 g/mol. The van der Waals surface area contributed by atoms with Gasteiger partial charge in [0, 0.05) is 6.42 Å². The minimum atomic E-state index is -3.45. The summed E-state index contributed by atoms with van der Waals surface area (Å²) in [4.78, 5) is 0. The largest absolute Gasteiger partial charge is 0.585 e. The van der Waals surface area contributed by atoms with Crippen molar-refractivity contribution in [2.75, 3.05) is 0 Å². The summed E-state index contributed by atoms with van der Waals surface area (Å²) < 4.78 is 33.8. The third-order valence-corrected chi connectivity index (χ3v) is 2.21. The summed E-state index contributed by atoms with van der Waals surface area (Å²) in [5.74, 6) is 0.482. The van der Waals surface area contributed by atoms with Crippen LogP contribution < -0.4 is 0 Å². The molecule has 1 heterocycles. The zero-order valence-electron chi connectivity index (χ0n) is 7.27. The van der Waals surface area contributed by atoms with Crippen molar-refractivity contribution in [1.82, 2.24) is 0 Å². The van der Waals surface area contributed by atoms with Gasteiger partial charge in [-0.25, -0.2) is 0 Å². The van der Waals surface area contributed by atoms with E-state index in [1.165, 1.54) is 0 Å². The molecule has 4 heteroatoms. The highest BCUT2D eigenvalue weighted by molar-refractivity contribution is 5.28. The molecule has 0 bridgehead atoms. The Hall–Kier alpha value is -1.06. The molecule has 2 rings (SSSR count). The van der Waals surface area contributed by atoms with E-state index >= 15 is 0 Å². The van der Waals surface area contributed by atoms with Crippen LogP contribution in [-0.4, -0.2) is 6.29 Å². The highest BCUT2D eigenvalue weighted by Crippen LogP contribution is 2.39. The van der Waals surface area contributed by atoms with Crippen LogP contribution in [-0.2, 0) is 9.47 Å². The van der Waals surface area contributed by atoms with E-state index in [1.807, 2.05) is 6.92 Å². The number of hydrogen-bond donors (Lipinski definition) is 0. The topological polar surface area (TPSA) is 18.5 Å². The van der Waals surface area contributed by atoms with Crippen LogP contribution in [0.1, 0.15) is 26.2 Å². The van der Waals surface area contributed by atoms with Gasteiger partial charge in [-0.1, -0.05) is 12.5 Å². The standard InChI is InChI=1S/C9H10F2O2/c1-2-6-3-4-7-8(5-6)13-9(10,11)12-7/h5H,2-4H2,1H3. The molecule has 0 unspecified atom stereocenters. The molecular weight excluding hydrogens is 178 g/mol. The summed E-state index contributed by atoms with van der Waals surface area (Å²) >= 11 is 0. The first kappa shape index (κ1) is 8.53. The summed E-state index contributed by atoms with van der Waals surface area (Å²) in [7, 11) is 0. The lowest BCUT2D eigenvalue weighted by atomic mass is 10.0. The van der Waals surface area contributed by atoms with Crippen LogP contribution in [0.4, 0.5) is 8.78 Å². The number of alkyl halides is 2. The molecule has 0 aromatic carbocycles. The van der Waals surface area contributed by atoms with E-state index in [0.29, 0.717) is 6.42 Å². The van der Waals surface area contributed by atoms with E-state index in [-0.39, 0.29) is 11.5 Å². The van der Waals surface area contributed by atoms with Gasteiger partial charge in [-0.3, -0.25) is 0 Å². The van der Waals surface area contributed by atoms with Crippen molar-refractivity contribution < 1.29 is 18.3 Å². The fraction of sp³-hybridized carbons (Fsp3) is 0.556. The van der Waals surface area contributed by atoms with E-state index in [1.54, 1.807) is 6.08 Å². The van der Waals surface area contributed by atoms with Gasteiger partial charge in [0.1, 0.15) is 5.76 Å². The summed E-state index contributed by atoms with van der Waals surface area (Å²) in [6.07, 6.45) is 0.370. The maximum Gasteiger partial charge on any atom is 0.585 e. The van der Waals surface area contributed by atoms with E-state index < -0.39 is 6.29 Å². The number of halogens is 2. The van der Waals surface area contributed by atoms with Gasteiger partial charge in [0.05, 0.1) is 0 Å². The second-order valence-corrected chi connectivity index (χ2v) is 3.11. The van der Waals surface area contributed by atoms with Gasteiger partial charge in [0.25, 0.3) is 0 Å². The van der Waals surface area contributed by atoms with Crippen molar-refractivity contribution >= 4 is 0 Å². The monoisotopic (exact) mass is 188 g/mol. The van der Waals surface area contributed by atoms with Gasteiger partial charge >= 0.3 is 6.29 Å². The molecule has 0 radical (unpaired) electrons. The Balaban J connectivity index is 2.20. The van der Waals surface area contributed by atoms with Crippen molar-refractivity contribution in [3.63, 3.8) is 0 Å². The summed E-state index contributed by atoms with van der Waals surface area (Å²) in [5, 5.41) is 0. The predicted octanol–water partition coefficient (Wildman–Crippen LogP) is 2.93. The minimum absolute atomic E-state index is 0.202. The second-order valence-electron chi connectivity index (χ2n) is 3.11. The normalized spacial score (nSPS) is 24.7. The Kier molecular flexibility index (Phi) is 1.78. The lowest BCUT2D eigenvalue weighted by Gasteiger charge is -2.09. The third kappa shape index (κ3) is 1.53. The smallest absolute Gasteiger partial charge is 0.400 e. The molecule has 2 nitrogen and oxygen atoms in total. The van der Waals surface area contributed by atoms with Crippen LogP contribution in [0.2, 0.25) is 0 Å². The summed E-state index contributed by atoms with van der Waals surface area (Å²) in [6, 6.07) is 0. The Morgan fingerprint density at radius 1 is 1.38 bits per heavy atom. The first-order valence-corrected chi connectivity index (χ1v) is 4.29. The second kappa shape index (κ2) is 2.72. The molecule has 0 saturated carbocycles. The molecule has 0 aromatic rings. The molecule has 72 valence electrons. The Labute approximate surface area is 74.8 Å². The van der Waals surface area contributed by atoms with E-state index in [0.717, 1.165) is 18.4 Å². The van der Waals surface area contributed by atoms with Gasteiger partial charge in [0.2, 0.25) is 0 Å². The van der Waals surface area contributed by atoms with Gasteiger partial charge in [-0.2, -0.15) is 0 Å². The average Bonchev–Trinajstić information content (AvgIpc) is 2.36. The van der Waals surface area contributed by atoms with Crippen molar-refractivity contribution in [2.45, 2.75) is 32.5 Å². The molecule has 0 aromatic heterocycles. The molecule has 1 aliphatic carbocycles. The van der Waals surface area contributed by atoms with Gasteiger partial charge in [0.15, 0.2) is 5.76 Å².